The Bertz CT molecular complexity index is 227. The number of nitrogens with zero attached hydrogens (tertiary/aromatic N) is 1. The van der Waals surface area contributed by atoms with Crippen LogP contribution in [0.5, 0.6) is 0 Å². The van der Waals surface area contributed by atoms with Gasteiger partial charge in [0.15, 0.2) is 0 Å². The van der Waals surface area contributed by atoms with Gasteiger partial charge in [-0.15, -0.1) is 2.52 Å². The van der Waals surface area contributed by atoms with Gasteiger partial charge in [0.1, 0.15) is 0 Å². The molecule has 11 heavy (non-hydrogen) atoms. The fraction of sp³-hybridized carbons (Fsp3) is 1.00. The Hall–Kier alpha value is 0.640. The lowest BCUT2D eigenvalue weighted by Gasteiger charge is -2.26. The molecular formula is C6H12INO2S. The van der Waals surface area contributed by atoms with Crippen molar-refractivity contribution >= 4 is 32.9 Å². The first-order valence-electron chi connectivity index (χ1n) is 3.72. The van der Waals surface area contributed by atoms with Gasteiger partial charge in [-0.25, -0.2) is 8.42 Å². The van der Waals surface area contributed by atoms with Crippen LogP contribution in [0.15, 0.2) is 0 Å². The van der Waals surface area contributed by atoms with Gasteiger partial charge in [-0.2, -0.15) is 0 Å². The third kappa shape index (κ3) is 2.29. The Kier molecular flexibility index (Phi) is 3.16. The molecule has 1 heterocycles. The van der Waals surface area contributed by atoms with Gasteiger partial charge in [0.2, 0.25) is 10.0 Å². The monoisotopic (exact) mass is 289 g/mol. The molecule has 0 radical (unpaired) electrons. The first kappa shape index (κ1) is 9.73. The molecule has 0 aromatic rings. The lowest BCUT2D eigenvalue weighted by atomic mass is 10.0. The molecule has 1 aliphatic heterocycles. The zero-order valence-corrected chi connectivity index (χ0v) is 9.43. The Morgan fingerprint density at radius 1 is 1.64 bits per heavy atom. The van der Waals surface area contributed by atoms with E-state index in [1.165, 1.54) is 2.52 Å². The van der Waals surface area contributed by atoms with Crippen molar-refractivity contribution in [1.82, 2.24) is 2.52 Å². The van der Waals surface area contributed by atoms with Crippen molar-refractivity contribution in [2.24, 2.45) is 5.92 Å². The summed E-state index contributed by atoms with van der Waals surface area (Å²) in [6.45, 7) is 2.80. The zero-order chi connectivity index (χ0) is 8.48. The largest absolute Gasteiger partial charge is 0.222 e. The van der Waals surface area contributed by atoms with Crippen molar-refractivity contribution in [3.05, 3.63) is 0 Å². The molecule has 5 heteroatoms. The van der Waals surface area contributed by atoms with Gasteiger partial charge in [0, 0.05) is 29.4 Å². The van der Waals surface area contributed by atoms with Gasteiger partial charge < -0.3 is 0 Å². The molecule has 1 rings (SSSR count). The van der Waals surface area contributed by atoms with E-state index in [2.05, 4.69) is 6.92 Å². The van der Waals surface area contributed by atoms with E-state index in [1.54, 1.807) is 0 Å². The van der Waals surface area contributed by atoms with Crippen molar-refractivity contribution < 1.29 is 8.42 Å². The molecule has 0 N–H and O–H groups in total. The second kappa shape index (κ2) is 3.57. The van der Waals surface area contributed by atoms with E-state index in [4.69, 9.17) is 0 Å². The standard InChI is InChI=1S/C6H12INO2S/c1-2-6-3-4-11(9,10)8(7)5-6/h6H,2-5H2,1H3. The minimum Gasteiger partial charge on any atom is -0.211 e. The van der Waals surface area contributed by atoms with Crippen LogP contribution in [0.3, 0.4) is 0 Å². The van der Waals surface area contributed by atoms with Crippen LogP contribution >= 0.6 is 22.9 Å². The number of hydrogen-bond acceptors (Lipinski definition) is 2. The first-order valence-corrected chi connectivity index (χ1v) is 6.30. The van der Waals surface area contributed by atoms with E-state index < -0.39 is 10.0 Å². The normalized spacial score (nSPS) is 32.0. The van der Waals surface area contributed by atoms with Gasteiger partial charge in [-0.05, 0) is 12.3 Å². The van der Waals surface area contributed by atoms with Crippen LogP contribution in [0.2, 0.25) is 0 Å². The summed E-state index contributed by atoms with van der Waals surface area (Å²) >= 11 is 1.88. The number of hydrogen-bond donors (Lipinski definition) is 0. The van der Waals surface area contributed by atoms with Crippen LogP contribution in [0.1, 0.15) is 19.8 Å². The summed E-state index contributed by atoms with van der Waals surface area (Å²) in [5.74, 6) is 0.893. The van der Waals surface area contributed by atoms with Crippen molar-refractivity contribution in [2.75, 3.05) is 12.3 Å². The molecule has 1 saturated heterocycles. The summed E-state index contributed by atoms with van der Waals surface area (Å²) in [4.78, 5) is 0. The van der Waals surface area contributed by atoms with Crippen LogP contribution in [0.4, 0.5) is 0 Å². The molecule has 66 valence electrons. The van der Waals surface area contributed by atoms with Crippen molar-refractivity contribution in [1.29, 1.82) is 0 Å². The molecule has 0 aromatic heterocycles. The summed E-state index contributed by atoms with van der Waals surface area (Å²) in [7, 11) is -2.88. The molecule has 3 nitrogen and oxygen atoms in total. The Morgan fingerprint density at radius 2 is 2.27 bits per heavy atom. The van der Waals surface area contributed by atoms with Crippen molar-refractivity contribution in [3.63, 3.8) is 0 Å². The lowest BCUT2D eigenvalue weighted by molar-refractivity contribution is 0.407. The highest BCUT2D eigenvalue weighted by atomic mass is 127. The van der Waals surface area contributed by atoms with Crippen LogP contribution in [0.25, 0.3) is 0 Å². The van der Waals surface area contributed by atoms with Gasteiger partial charge in [-0.1, -0.05) is 13.3 Å². The predicted molar refractivity (Wildman–Crippen MR) is 52.9 cm³/mol. The third-order valence-corrected chi connectivity index (χ3v) is 5.76. The van der Waals surface area contributed by atoms with E-state index in [9.17, 15) is 8.42 Å². The quantitative estimate of drug-likeness (QED) is 0.540. The zero-order valence-electron chi connectivity index (χ0n) is 6.46. The summed E-state index contributed by atoms with van der Waals surface area (Å²) in [6.07, 6.45) is 1.91. The molecule has 0 saturated carbocycles. The van der Waals surface area contributed by atoms with Crippen LogP contribution < -0.4 is 0 Å². The molecule has 1 fully saturated rings. The van der Waals surface area contributed by atoms with E-state index in [-0.39, 0.29) is 0 Å². The fourth-order valence-corrected chi connectivity index (χ4v) is 3.57. The van der Waals surface area contributed by atoms with Gasteiger partial charge in [-0.3, -0.25) is 0 Å². The minimum absolute atomic E-state index is 0.328. The predicted octanol–water partition coefficient (Wildman–Crippen LogP) is 1.40. The maximum absolute atomic E-state index is 11.2. The van der Waals surface area contributed by atoms with Gasteiger partial charge in [0.25, 0.3) is 0 Å². The van der Waals surface area contributed by atoms with E-state index in [0.717, 1.165) is 12.8 Å². The highest BCUT2D eigenvalue weighted by Gasteiger charge is 2.28. The van der Waals surface area contributed by atoms with Crippen LogP contribution in [-0.4, -0.2) is 23.2 Å². The highest BCUT2D eigenvalue weighted by molar-refractivity contribution is 14.1. The first-order chi connectivity index (χ1) is 5.06. The molecule has 0 aliphatic carbocycles. The summed E-state index contributed by atoms with van der Waals surface area (Å²) < 4.78 is 23.8. The fourth-order valence-electron chi connectivity index (χ4n) is 1.16. The Morgan fingerprint density at radius 3 is 2.73 bits per heavy atom. The topological polar surface area (TPSA) is 37.4 Å². The SMILES string of the molecule is CCC1CCS(=O)(=O)N(I)C1. The molecule has 0 aromatic carbocycles. The van der Waals surface area contributed by atoms with E-state index in [1.807, 2.05) is 22.9 Å². The maximum Gasteiger partial charge on any atom is 0.222 e. The van der Waals surface area contributed by atoms with E-state index >= 15 is 0 Å². The van der Waals surface area contributed by atoms with Gasteiger partial charge in [0.05, 0.1) is 5.75 Å². The van der Waals surface area contributed by atoms with Crippen molar-refractivity contribution in [3.8, 4) is 0 Å². The minimum atomic E-state index is -2.88. The van der Waals surface area contributed by atoms with Crippen LogP contribution in [-0.2, 0) is 10.0 Å². The Labute approximate surface area is 81.7 Å². The second-order valence-electron chi connectivity index (χ2n) is 2.85. The van der Waals surface area contributed by atoms with E-state index in [0.29, 0.717) is 18.2 Å². The summed E-state index contributed by atoms with van der Waals surface area (Å²) in [5, 5.41) is 0. The van der Waals surface area contributed by atoms with Crippen LogP contribution in [0, 0.1) is 5.92 Å². The third-order valence-electron chi connectivity index (χ3n) is 2.06. The van der Waals surface area contributed by atoms with Crippen molar-refractivity contribution in [2.45, 2.75) is 19.8 Å². The molecule has 1 unspecified atom stereocenters. The molecule has 0 bridgehead atoms. The smallest absolute Gasteiger partial charge is 0.211 e. The molecule has 0 amide bonds. The average Bonchev–Trinajstić information content (AvgIpc) is 1.95. The lowest BCUT2D eigenvalue weighted by Crippen LogP contribution is -2.35. The molecule has 0 spiro atoms. The number of halogens is 1. The summed E-state index contributed by atoms with van der Waals surface area (Å²) in [6, 6.07) is 0. The molecule has 1 atom stereocenters. The Balaban J connectivity index is 2.62. The summed E-state index contributed by atoms with van der Waals surface area (Å²) in [5.41, 5.74) is 0. The molecule has 1 aliphatic rings. The average molecular weight is 289 g/mol. The highest BCUT2D eigenvalue weighted by Crippen LogP contribution is 2.24. The maximum atomic E-state index is 11.2. The number of rotatable bonds is 1. The second-order valence-corrected chi connectivity index (χ2v) is 6.68. The molecular weight excluding hydrogens is 277 g/mol. The van der Waals surface area contributed by atoms with Gasteiger partial charge >= 0.3 is 0 Å². The number of sulfonamides is 1.